The summed E-state index contributed by atoms with van der Waals surface area (Å²) in [6.45, 7) is 10.0. The van der Waals surface area contributed by atoms with Crippen molar-refractivity contribution >= 4 is 23.9 Å². The second kappa shape index (κ2) is 13.2. The van der Waals surface area contributed by atoms with E-state index in [-0.39, 0.29) is 23.7 Å². The number of rotatable bonds is 11. The molecule has 0 spiro atoms. The van der Waals surface area contributed by atoms with Gasteiger partial charge in [-0.1, -0.05) is 56.1 Å². The van der Waals surface area contributed by atoms with Crippen LogP contribution in [0.3, 0.4) is 0 Å². The summed E-state index contributed by atoms with van der Waals surface area (Å²) in [6.07, 6.45) is 3.52. The van der Waals surface area contributed by atoms with Crippen molar-refractivity contribution in [1.29, 1.82) is 0 Å². The van der Waals surface area contributed by atoms with Gasteiger partial charge in [-0.3, -0.25) is 4.79 Å². The average Bonchev–Trinajstić information content (AvgIpc) is 2.92. The van der Waals surface area contributed by atoms with E-state index in [4.69, 9.17) is 18.9 Å². The van der Waals surface area contributed by atoms with E-state index in [2.05, 4.69) is 19.7 Å². The van der Waals surface area contributed by atoms with Crippen molar-refractivity contribution in [3.63, 3.8) is 0 Å². The third kappa shape index (κ3) is 8.17. The molecule has 3 aromatic rings. The van der Waals surface area contributed by atoms with Gasteiger partial charge in [-0.05, 0) is 35.2 Å². The van der Waals surface area contributed by atoms with Gasteiger partial charge in [-0.15, -0.1) is 0 Å². The fourth-order valence-electron chi connectivity index (χ4n) is 3.20. The molecule has 0 amide bonds. The normalized spacial score (nSPS) is 10.0. The van der Waals surface area contributed by atoms with Crippen LogP contribution in [0.1, 0.15) is 12.0 Å². The minimum absolute atomic E-state index is 0.00884. The summed E-state index contributed by atoms with van der Waals surface area (Å²) in [5, 5.41) is 0. The molecule has 0 aliphatic rings. The van der Waals surface area contributed by atoms with Crippen molar-refractivity contribution in [2.75, 3.05) is 0 Å². The Morgan fingerprint density at radius 3 is 1.39 bits per heavy atom. The van der Waals surface area contributed by atoms with E-state index in [9.17, 15) is 19.2 Å². The van der Waals surface area contributed by atoms with Crippen LogP contribution in [0.4, 0.5) is 0 Å². The molecule has 0 atom stereocenters. The average molecular weight is 513 g/mol. The molecule has 0 heterocycles. The zero-order chi connectivity index (χ0) is 27.5. The van der Waals surface area contributed by atoms with Crippen LogP contribution >= 0.6 is 0 Å². The van der Waals surface area contributed by atoms with E-state index in [1.54, 1.807) is 12.1 Å². The summed E-state index contributed by atoms with van der Waals surface area (Å²) >= 11 is 0. The quantitative estimate of drug-likeness (QED) is 0.197. The van der Waals surface area contributed by atoms with E-state index in [1.165, 1.54) is 18.2 Å². The van der Waals surface area contributed by atoms with Gasteiger partial charge in [-0.2, -0.15) is 0 Å². The highest BCUT2D eigenvalue weighted by Gasteiger charge is 2.13. The largest absolute Gasteiger partial charge is 0.426 e. The Balaban J connectivity index is 1.61. The van der Waals surface area contributed by atoms with Crippen molar-refractivity contribution in [1.82, 2.24) is 0 Å². The van der Waals surface area contributed by atoms with Gasteiger partial charge in [0, 0.05) is 42.8 Å². The van der Waals surface area contributed by atoms with Crippen molar-refractivity contribution < 1.29 is 38.1 Å². The van der Waals surface area contributed by atoms with Gasteiger partial charge in [0.05, 0.1) is 0 Å². The van der Waals surface area contributed by atoms with Crippen LogP contribution in [-0.2, 0) is 25.6 Å². The molecule has 0 saturated carbocycles. The molecule has 0 fully saturated rings. The molecule has 8 nitrogen and oxygen atoms in total. The van der Waals surface area contributed by atoms with Gasteiger partial charge in [0.1, 0.15) is 23.0 Å². The minimum Gasteiger partial charge on any atom is -0.426 e. The fourth-order valence-corrected chi connectivity index (χ4v) is 3.20. The molecule has 38 heavy (non-hydrogen) atoms. The van der Waals surface area contributed by atoms with Gasteiger partial charge in [-0.25, -0.2) is 14.4 Å². The lowest BCUT2D eigenvalue weighted by Gasteiger charge is -2.10. The summed E-state index contributed by atoms with van der Waals surface area (Å²) in [7, 11) is 0. The second-order valence-electron chi connectivity index (χ2n) is 7.71. The number of ether oxygens (including phenoxy) is 4. The Kier molecular flexibility index (Phi) is 9.48. The maximum Gasteiger partial charge on any atom is 0.335 e. The summed E-state index contributed by atoms with van der Waals surface area (Å²) < 4.78 is 20.6. The first kappa shape index (κ1) is 27.3. The van der Waals surface area contributed by atoms with Crippen LogP contribution in [0.2, 0.25) is 0 Å². The summed E-state index contributed by atoms with van der Waals surface area (Å²) in [4.78, 5) is 46.9. The molecule has 0 saturated heterocycles. The second-order valence-corrected chi connectivity index (χ2v) is 7.71. The first-order valence-electron chi connectivity index (χ1n) is 11.4. The molecule has 3 rings (SSSR count). The zero-order valence-corrected chi connectivity index (χ0v) is 20.4. The molecule has 0 aliphatic heterocycles. The molecular weight excluding hydrogens is 488 g/mol. The van der Waals surface area contributed by atoms with Crippen molar-refractivity contribution in [3.8, 4) is 34.1 Å². The van der Waals surface area contributed by atoms with E-state index in [1.807, 2.05) is 36.4 Å². The molecule has 0 aromatic heterocycles. The topological polar surface area (TPSA) is 105 Å². The van der Waals surface area contributed by atoms with Crippen LogP contribution in [0.25, 0.3) is 11.1 Å². The predicted molar refractivity (Wildman–Crippen MR) is 140 cm³/mol. The highest BCUT2D eigenvalue weighted by molar-refractivity contribution is 5.85. The van der Waals surface area contributed by atoms with Gasteiger partial charge in [0.15, 0.2) is 0 Å². The summed E-state index contributed by atoms with van der Waals surface area (Å²) in [6, 6.07) is 18.6. The van der Waals surface area contributed by atoms with Crippen LogP contribution in [0.5, 0.6) is 23.0 Å². The number of benzene rings is 3. The number of hydrogen-bond donors (Lipinski definition) is 0. The molecule has 3 aromatic carbocycles. The van der Waals surface area contributed by atoms with Crippen molar-refractivity contribution in [2.24, 2.45) is 0 Å². The third-order valence-corrected chi connectivity index (χ3v) is 5.00. The number of carbonyl (C=O) groups excluding carboxylic acids is 4. The molecular formula is C30H24O8. The fraction of sp³-hybridized carbons (Fsp3) is 0.0667. The molecule has 0 bridgehead atoms. The first-order valence-corrected chi connectivity index (χ1v) is 11.4. The molecule has 0 unspecified atom stereocenters. The summed E-state index contributed by atoms with van der Waals surface area (Å²) in [5.41, 5.74) is 2.79. The first-order chi connectivity index (χ1) is 18.3. The van der Waals surface area contributed by atoms with Crippen LogP contribution in [0.15, 0.2) is 105 Å². The smallest absolute Gasteiger partial charge is 0.335 e. The third-order valence-electron chi connectivity index (χ3n) is 5.00. The Hall–Kier alpha value is -5.24. The Bertz CT molecular complexity index is 1330. The Morgan fingerprint density at radius 2 is 0.947 bits per heavy atom. The van der Waals surface area contributed by atoms with E-state index >= 15 is 0 Å². The lowest BCUT2D eigenvalue weighted by atomic mass is 10.0. The van der Waals surface area contributed by atoms with E-state index < -0.39 is 23.9 Å². The van der Waals surface area contributed by atoms with E-state index in [0.29, 0.717) is 12.2 Å². The maximum absolute atomic E-state index is 12.5. The number of aryl methyl sites for hydroxylation is 1. The van der Waals surface area contributed by atoms with Crippen LogP contribution in [0, 0.1) is 0 Å². The van der Waals surface area contributed by atoms with Gasteiger partial charge in [0.25, 0.3) is 0 Å². The monoisotopic (exact) mass is 512 g/mol. The van der Waals surface area contributed by atoms with Gasteiger partial charge >= 0.3 is 23.9 Å². The highest BCUT2D eigenvalue weighted by atomic mass is 16.6. The van der Waals surface area contributed by atoms with Gasteiger partial charge in [0.2, 0.25) is 0 Å². The van der Waals surface area contributed by atoms with Crippen LogP contribution in [-0.4, -0.2) is 23.9 Å². The lowest BCUT2D eigenvalue weighted by Crippen LogP contribution is -2.10. The van der Waals surface area contributed by atoms with Gasteiger partial charge < -0.3 is 18.9 Å². The minimum atomic E-state index is -0.731. The Labute approximate surface area is 219 Å². The van der Waals surface area contributed by atoms with Crippen molar-refractivity contribution in [3.05, 3.63) is 110 Å². The molecule has 0 aliphatic carbocycles. The predicted octanol–water partition coefficient (Wildman–Crippen LogP) is 5.17. The highest BCUT2D eigenvalue weighted by Crippen LogP contribution is 2.29. The number of carbonyl (C=O) groups is 4. The molecule has 0 radical (unpaired) electrons. The van der Waals surface area contributed by atoms with E-state index in [0.717, 1.165) is 34.9 Å². The number of hydrogen-bond acceptors (Lipinski definition) is 8. The summed E-state index contributed by atoms with van der Waals surface area (Å²) in [5.74, 6) is -2.05. The zero-order valence-electron chi connectivity index (χ0n) is 20.4. The van der Waals surface area contributed by atoms with Crippen molar-refractivity contribution in [2.45, 2.75) is 12.8 Å². The molecule has 0 N–H and O–H groups in total. The maximum atomic E-state index is 12.5. The molecule has 192 valence electrons. The molecule has 8 heteroatoms. The van der Waals surface area contributed by atoms with Crippen LogP contribution < -0.4 is 18.9 Å². The lowest BCUT2D eigenvalue weighted by molar-refractivity contribution is -0.134. The SMILES string of the molecule is C=CC(=O)Oc1ccc(-c2ccc(CCC(=O)Oc3cc(OC(=O)C=C)cc(OC(=O)C=C)c3)cc2)cc1. The Morgan fingerprint density at radius 1 is 0.553 bits per heavy atom. The number of esters is 4. The standard InChI is InChI=1S/C30H24O8/c1-4-27(31)35-23-14-12-22(13-15-23)21-10-7-20(8-11-21)9-16-30(34)38-26-18-24(36-28(32)5-2)17-25(19-26)37-29(33)6-3/h4-8,10-15,17-19H,1-3,9,16H2.